The summed E-state index contributed by atoms with van der Waals surface area (Å²) in [7, 11) is 0. The number of rotatable bonds is 3. The summed E-state index contributed by atoms with van der Waals surface area (Å²) in [5, 5.41) is 0. The van der Waals surface area contributed by atoms with Crippen LogP contribution < -0.4 is 16.4 Å². The number of nitrogens with zero attached hydrogens (tertiary/aromatic N) is 1. The number of ketones is 1. The number of carbonyl (C=O) groups excluding carboxylic acids is 3. The molecule has 1 heterocycles. The molecule has 4 N–H and O–H groups in total. The van der Waals surface area contributed by atoms with Crippen LogP contribution in [-0.2, 0) is 9.59 Å². The van der Waals surface area contributed by atoms with E-state index >= 15 is 0 Å². The number of aryl methyl sites for hydroxylation is 1. The fraction of sp³-hybridized carbons (Fsp3) is 0.308. The van der Waals surface area contributed by atoms with Crippen molar-refractivity contribution in [2.24, 2.45) is 11.5 Å². The summed E-state index contributed by atoms with van der Waals surface area (Å²) in [5.41, 5.74) is 13.3. The molecule has 0 bridgehead atoms. The average Bonchev–Trinajstić information content (AvgIpc) is 2.59. The molecule has 100 valence electrons. The smallest absolute Gasteiger partial charge is 0.299 e. The lowest BCUT2D eigenvalue weighted by Gasteiger charge is -2.21. The van der Waals surface area contributed by atoms with Crippen molar-refractivity contribution in [3.8, 4) is 0 Å². The number of fused-ring (bicyclic) bond motifs is 1. The monoisotopic (exact) mass is 261 g/mol. The maximum atomic E-state index is 12.0. The van der Waals surface area contributed by atoms with Crippen molar-refractivity contribution in [3.05, 3.63) is 28.8 Å². The van der Waals surface area contributed by atoms with E-state index in [4.69, 9.17) is 11.5 Å². The Bertz CT molecular complexity index is 595. The summed E-state index contributed by atoms with van der Waals surface area (Å²) >= 11 is 0. The molecule has 0 radical (unpaired) electrons. The van der Waals surface area contributed by atoms with Crippen LogP contribution in [0, 0.1) is 13.8 Å². The number of carbonyl (C=O) groups is 3. The third kappa shape index (κ3) is 2.00. The molecule has 6 nitrogen and oxygen atoms in total. The molecule has 0 saturated heterocycles. The number of nitrogens with two attached hydrogens (primary N) is 2. The third-order valence-corrected chi connectivity index (χ3v) is 3.40. The molecule has 0 aliphatic carbocycles. The molecular weight excluding hydrogens is 246 g/mol. The van der Waals surface area contributed by atoms with Crippen LogP contribution in [0.25, 0.3) is 0 Å². The zero-order valence-corrected chi connectivity index (χ0v) is 10.8. The number of hydrogen-bond donors (Lipinski definition) is 2. The van der Waals surface area contributed by atoms with Crippen LogP contribution in [0.3, 0.4) is 0 Å². The molecule has 2 amide bonds. The maximum absolute atomic E-state index is 12.0. The van der Waals surface area contributed by atoms with E-state index in [-0.39, 0.29) is 6.54 Å². The van der Waals surface area contributed by atoms with Crippen molar-refractivity contribution >= 4 is 23.3 Å². The van der Waals surface area contributed by atoms with Crippen molar-refractivity contribution in [1.82, 2.24) is 0 Å². The molecule has 6 heteroatoms. The second-order valence-corrected chi connectivity index (χ2v) is 4.66. The predicted molar refractivity (Wildman–Crippen MR) is 69.8 cm³/mol. The molecular formula is C13H15N3O3. The molecule has 0 spiro atoms. The SMILES string of the molecule is Cc1ccc2c(c1C)N(CC(N)C(N)=O)C(=O)C2=O. The van der Waals surface area contributed by atoms with E-state index in [2.05, 4.69) is 0 Å². The Morgan fingerprint density at radius 3 is 2.53 bits per heavy atom. The van der Waals surface area contributed by atoms with E-state index < -0.39 is 23.6 Å². The Labute approximate surface area is 110 Å². The van der Waals surface area contributed by atoms with E-state index in [1.165, 1.54) is 4.90 Å². The highest BCUT2D eigenvalue weighted by Gasteiger charge is 2.38. The van der Waals surface area contributed by atoms with Crippen LogP contribution in [0.4, 0.5) is 5.69 Å². The van der Waals surface area contributed by atoms with Gasteiger partial charge in [-0.05, 0) is 31.0 Å². The Balaban J connectivity index is 2.49. The van der Waals surface area contributed by atoms with Gasteiger partial charge in [0.05, 0.1) is 17.8 Å². The second kappa shape index (κ2) is 4.47. The maximum Gasteiger partial charge on any atom is 0.299 e. The summed E-state index contributed by atoms with van der Waals surface area (Å²) in [5.74, 6) is -1.95. The van der Waals surface area contributed by atoms with Gasteiger partial charge in [0.25, 0.3) is 11.7 Å². The van der Waals surface area contributed by atoms with Gasteiger partial charge < -0.3 is 16.4 Å². The lowest BCUT2D eigenvalue weighted by Crippen LogP contribution is -2.47. The number of anilines is 1. The lowest BCUT2D eigenvalue weighted by atomic mass is 10.0. The highest BCUT2D eigenvalue weighted by molar-refractivity contribution is 6.52. The molecule has 1 aromatic carbocycles. The van der Waals surface area contributed by atoms with E-state index in [0.29, 0.717) is 11.3 Å². The topological polar surface area (TPSA) is 106 Å². The van der Waals surface area contributed by atoms with Crippen LogP contribution in [0.1, 0.15) is 21.5 Å². The molecule has 19 heavy (non-hydrogen) atoms. The Morgan fingerprint density at radius 2 is 1.95 bits per heavy atom. The predicted octanol–water partition coefficient (Wildman–Crippen LogP) is -0.355. The molecule has 0 fully saturated rings. The molecule has 2 rings (SSSR count). The first-order chi connectivity index (χ1) is 8.84. The van der Waals surface area contributed by atoms with Gasteiger partial charge in [-0.3, -0.25) is 14.4 Å². The first-order valence-corrected chi connectivity index (χ1v) is 5.86. The van der Waals surface area contributed by atoms with Crippen LogP contribution >= 0.6 is 0 Å². The minimum Gasteiger partial charge on any atom is -0.368 e. The van der Waals surface area contributed by atoms with E-state index in [1.54, 1.807) is 12.1 Å². The van der Waals surface area contributed by atoms with E-state index in [0.717, 1.165) is 11.1 Å². The normalized spacial score (nSPS) is 15.6. The summed E-state index contributed by atoms with van der Waals surface area (Å²) in [6.07, 6.45) is 0. The molecule has 1 atom stereocenters. The van der Waals surface area contributed by atoms with Crippen LogP contribution in [0.2, 0.25) is 0 Å². The Hall–Kier alpha value is -2.21. The zero-order valence-electron chi connectivity index (χ0n) is 10.8. The average molecular weight is 261 g/mol. The van der Waals surface area contributed by atoms with Crippen LogP contribution in [0.5, 0.6) is 0 Å². The number of Topliss-reactive ketones (excluding diaryl/α,β-unsaturated/α-hetero) is 1. The first-order valence-electron chi connectivity index (χ1n) is 5.86. The van der Waals surface area contributed by atoms with Gasteiger partial charge in [-0.2, -0.15) is 0 Å². The number of benzene rings is 1. The van der Waals surface area contributed by atoms with Gasteiger partial charge in [0.1, 0.15) is 6.04 Å². The van der Waals surface area contributed by atoms with Crippen molar-refractivity contribution in [2.45, 2.75) is 19.9 Å². The number of hydrogen-bond acceptors (Lipinski definition) is 4. The van der Waals surface area contributed by atoms with Gasteiger partial charge in [0.15, 0.2) is 0 Å². The lowest BCUT2D eigenvalue weighted by molar-refractivity contribution is -0.119. The molecule has 1 unspecified atom stereocenters. The quantitative estimate of drug-likeness (QED) is 0.725. The van der Waals surface area contributed by atoms with Gasteiger partial charge in [0, 0.05) is 0 Å². The molecule has 0 saturated carbocycles. The zero-order chi connectivity index (χ0) is 14.3. The van der Waals surface area contributed by atoms with Gasteiger partial charge >= 0.3 is 0 Å². The van der Waals surface area contributed by atoms with Crippen LogP contribution in [-0.4, -0.2) is 30.2 Å². The van der Waals surface area contributed by atoms with Crippen molar-refractivity contribution in [1.29, 1.82) is 0 Å². The molecule has 1 aliphatic rings. The number of primary amides is 1. The third-order valence-electron chi connectivity index (χ3n) is 3.40. The molecule has 1 aliphatic heterocycles. The van der Waals surface area contributed by atoms with E-state index in [1.807, 2.05) is 13.8 Å². The fourth-order valence-corrected chi connectivity index (χ4v) is 2.13. The Morgan fingerprint density at radius 1 is 1.32 bits per heavy atom. The highest BCUT2D eigenvalue weighted by atomic mass is 16.2. The fourth-order valence-electron chi connectivity index (χ4n) is 2.13. The van der Waals surface area contributed by atoms with Crippen molar-refractivity contribution < 1.29 is 14.4 Å². The summed E-state index contributed by atoms with van der Waals surface area (Å²) in [6, 6.07) is 2.41. The molecule has 1 aromatic rings. The Kier molecular flexibility index (Phi) is 3.11. The summed E-state index contributed by atoms with van der Waals surface area (Å²) in [6.45, 7) is 3.62. The van der Waals surface area contributed by atoms with E-state index in [9.17, 15) is 14.4 Å². The standard InChI is InChI=1S/C13H15N3O3/c1-6-3-4-8-10(7(6)2)16(13(19)11(8)17)5-9(14)12(15)18/h3-4,9H,5,14H2,1-2H3,(H2,15,18). The van der Waals surface area contributed by atoms with Gasteiger partial charge in [0.2, 0.25) is 5.91 Å². The van der Waals surface area contributed by atoms with Gasteiger partial charge in [-0.15, -0.1) is 0 Å². The minimum atomic E-state index is -0.998. The summed E-state index contributed by atoms with van der Waals surface area (Å²) < 4.78 is 0. The number of amides is 2. The minimum absolute atomic E-state index is 0.0861. The summed E-state index contributed by atoms with van der Waals surface area (Å²) in [4.78, 5) is 36.1. The van der Waals surface area contributed by atoms with Crippen molar-refractivity contribution in [3.63, 3.8) is 0 Å². The van der Waals surface area contributed by atoms with Gasteiger partial charge in [-0.1, -0.05) is 6.07 Å². The highest BCUT2D eigenvalue weighted by Crippen LogP contribution is 2.33. The first kappa shape index (κ1) is 13.2. The largest absolute Gasteiger partial charge is 0.368 e. The van der Waals surface area contributed by atoms with Crippen molar-refractivity contribution in [2.75, 3.05) is 11.4 Å². The van der Waals surface area contributed by atoms with Gasteiger partial charge in [-0.25, -0.2) is 0 Å². The second-order valence-electron chi connectivity index (χ2n) is 4.66. The van der Waals surface area contributed by atoms with Crippen LogP contribution in [0.15, 0.2) is 12.1 Å². The molecule has 0 aromatic heterocycles.